The van der Waals surface area contributed by atoms with E-state index >= 15 is 0 Å². The van der Waals surface area contributed by atoms with E-state index in [1.165, 1.54) is 6.07 Å². The molecular weight excluding hydrogens is 396 g/mol. The maximum absolute atomic E-state index is 12.8. The minimum atomic E-state index is -4.60. The number of rotatable bonds is 2. The first-order valence-corrected chi connectivity index (χ1v) is 6.90. The maximum atomic E-state index is 12.8. The van der Waals surface area contributed by atoms with Gasteiger partial charge in [-0.15, -0.1) is 0 Å². The van der Waals surface area contributed by atoms with E-state index in [-0.39, 0.29) is 5.56 Å². The molecule has 0 aliphatic heterocycles. The van der Waals surface area contributed by atoms with Crippen LogP contribution in [0, 0.1) is 3.57 Å². The van der Waals surface area contributed by atoms with E-state index in [4.69, 9.17) is 5.73 Å². The molecule has 0 aliphatic carbocycles. The number of carbonyl (C=O) groups excluding carboxylic acids is 1. The third-order valence-corrected chi connectivity index (χ3v) is 3.72. The minimum absolute atomic E-state index is 0.204. The van der Waals surface area contributed by atoms with Gasteiger partial charge in [0, 0.05) is 3.57 Å². The van der Waals surface area contributed by atoms with Gasteiger partial charge in [0.1, 0.15) is 0 Å². The van der Waals surface area contributed by atoms with E-state index in [2.05, 4.69) is 5.32 Å². The summed E-state index contributed by atoms with van der Waals surface area (Å²) >= 11 is 2.02. The van der Waals surface area contributed by atoms with Crippen LogP contribution in [0.4, 0.5) is 24.5 Å². The van der Waals surface area contributed by atoms with E-state index in [9.17, 15) is 18.0 Å². The molecule has 0 heterocycles. The number of nitrogen functional groups attached to an aromatic ring is 1. The van der Waals surface area contributed by atoms with Gasteiger partial charge in [-0.05, 0) is 46.9 Å². The zero-order valence-electron chi connectivity index (χ0n) is 10.5. The van der Waals surface area contributed by atoms with Crippen LogP contribution >= 0.6 is 22.6 Å². The summed E-state index contributed by atoms with van der Waals surface area (Å²) in [6.07, 6.45) is -4.60. The lowest BCUT2D eigenvalue weighted by Gasteiger charge is -2.14. The summed E-state index contributed by atoms with van der Waals surface area (Å²) in [4.78, 5) is 12.1. The Morgan fingerprint density at radius 1 is 1.10 bits per heavy atom. The van der Waals surface area contributed by atoms with Gasteiger partial charge in [0.15, 0.2) is 0 Å². The van der Waals surface area contributed by atoms with Crippen molar-refractivity contribution in [1.29, 1.82) is 0 Å². The number of hydrogen-bond donors (Lipinski definition) is 2. The molecule has 0 fully saturated rings. The number of para-hydroxylation sites is 2. The molecule has 0 saturated heterocycles. The Hall–Kier alpha value is -1.77. The summed E-state index contributed by atoms with van der Waals surface area (Å²) in [5.41, 5.74) is 4.20. The Morgan fingerprint density at radius 2 is 1.76 bits per heavy atom. The standard InChI is InChI=1S/C14H10F3IN2O/c15-14(16,17)9-5-3-4-8(12(9)19)13(21)20-11-7-2-1-6-10(11)18/h1-7H,19H2,(H,20,21). The number of benzene rings is 2. The van der Waals surface area contributed by atoms with Crippen molar-refractivity contribution in [3.63, 3.8) is 0 Å². The molecule has 0 unspecified atom stereocenters. The average Bonchev–Trinajstić information content (AvgIpc) is 2.40. The number of anilines is 2. The van der Waals surface area contributed by atoms with Crippen molar-refractivity contribution in [2.45, 2.75) is 6.18 Å². The fourth-order valence-electron chi connectivity index (χ4n) is 1.76. The lowest BCUT2D eigenvalue weighted by Crippen LogP contribution is -2.18. The first-order valence-electron chi connectivity index (χ1n) is 5.82. The van der Waals surface area contributed by atoms with Crippen LogP contribution in [0.25, 0.3) is 0 Å². The molecule has 0 saturated carbocycles. The monoisotopic (exact) mass is 406 g/mol. The van der Waals surface area contributed by atoms with Crippen molar-refractivity contribution in [2.24, 2.45) is 0 Å². The van der Waals surface area contributed by atoms with Gasteiger partial charge in [-0.1, -0.05) is 18.2 Å². The summed E-state index contributed by atoms with van der Waals surface area (Å²) < 4.78 is 39.1. The third-order valence-electron chi connectivity index (χ3n) is 2.78. The smallest absolute Gasteiger partial charge is 0.398 e. The van der Waals surface area contributed by atoms with Crippen LogP contribution in [0.5, 0.6) is 0 Å². The summed E-state index contributed by atoms with van der Waals surface area (Å²) in [7, 11) is 0. The van der Waals surface area contributed by atoms with Gasteiger partial charge in [-0.3, -0.25) is 4.79 Å². The van der Waals surface area contributed by atoms with Crippen molar-refractivity contribution in [2.75, 3.05) is 11.1 Å². The largest absolute Gasteiger partial charge is 0.418 e. The van der Waals surface area contributed by atoms with E-state index in [0.29, 0.717) is 5.69 Å². The highest BCUT2D eigenvalue weighted by Crippen LogP contribution is 2.35. The molecule has 7 heteroatoms. The minimum Gasteiger partial charge on any atom is -0.398 e. The number of nitrogens with one attached hydrogen (secondary N) is 1. The van der Waals surface area contributed by atoms with Gasteiger partial charge in [0.05, 0.1) is 22.5 Å². The average molecular weight is 406 g/mol. The van der Waals surface area contributed by atoms with Gasteiger partial charge in [-0.2, -0.15) is 13.2 Å². The molecule has 3 N–H and O–H groups in total. The molecule has 2 aromatic rings. The lowest BCUT2D eigenvalue weighted by atomic mass is 10.1. The zero-order valence-corrected chi connectivity index (χ0v) is 12.7. The van der Waals surface area contributed by atoms with Crippen LogP contribution in [0.2, 0.25) is 0 Å². The summed E-state index contributed by atoms with van der Waals surface area (Å²) in [5, 5.41) is 2.55. The number of nitrogens with two attached hydrogens (primary N) is 1. The Kier molecular flexibility index (Phi) is 4.40. The van der Waals surface area contributed by atoms with Gasteiger partial charge in [-0.25, -0.2) is 0 Å². The highest BCUT2D eigenvalue weighted by Gasteiger charge is 2.34. The predicted octanol–water partition coefficient (Wildman–Crippen LogP) is 4.14. The Morgan fingerprint density at radius 3 is 2.38 bits per heavy atom. The maximum Gasteiger partial charge on any atom is 0.418 e. The first kappa shape index (κ1) is 15.6. The second kappa shape index (κ2) is 5.92. The van der Waals surface area contributed by atoms with Crippen LogP contribution in [-0.4, -0.2) is 5.91 Å². The zero-order chi connectivity index (χ0) is 15.6. The Balaban J connectivity index is 2.35. The quantitative estimate of drug-likeness (QED) is 0.582. The normalized spacial score (nSPS) is 11.2. The van der Waals surface area contributed by atoms with E-state index in [1.807, 2.05) is 22.6 Å². The van der Waals surface area contributed by atoms with Crippen LogP contribution in [0.1, 0.15) is 15.9 Å². The molecule has 0 atom stereocenters. The number of alkyl halides is 3. The molecule has 0 spiro atoms. The number of hydrogen-bond acceptors (Lipinski definition) is 2. The third kappa shape index (κ3) is 3.46. The number of carbonyl (C=O) groups is 1. The SMILES string of the molecule is Nc1c(C(=O)Nc2ccccc2I)cccc1C(F)(F)F. The van der Waals surface area contributed by atoms with Gasteiger partial charge < -0.3 is 11.1 Å². The molecule has 3 nitrogen and oxygen atoms in total. The predicted molar refractivity (Wildman–Crippen MR) is 83.0 cm³/mol. The molecular formula is C14H10F3IN2O. The molecule has 21 heavy (non-hydrogen) atoms. The fourth-order valence-corrected chi connectivity index (χ4v) is 2.28. The first-order chi connectivity index (χ1) is 9.80. The van der Waals surface area contributed by atoms with Crippen molar-refractivity contribution >= 4 is 39.9 Å². The molecule has 2 rings (SSSR count). The van der Waals surface area contributed by atoms with Gasteiger partial charge >= 0.3 is 6.18 Å². The molecule has 0 aliphatic rings. The van der Waals surface area contributed by atoms with E-state index < -0.39 is 23.3 Å². The fraction of sp³-hybridized carbons (Fsp3) is 0.0714. The van der Waals surface area contributed by atoms with Crippen LogP contribution < -0.4 is 11.1 Å². The topological polar surface area (TPSA) is 55.1 Å². The Labute approximate surface area is 132 Å². The highest BCUT2D eigenvalue weighted by atomic mass is 127. The van der Waals surface area contributed by atoms with Crippen molar-refractivity contribution in [3.8, 4) is 0 Å². The summed E-state index contributed by atoms with van der Waals surface area (Å²) in [6, 6.07) is 10.2. The van der Waals surface area contributed by atoms with Gasteiger partial charge in [0.25, 0.3) is 5.91 Å². The van der Waals surface area contributed by atoms with Crippen molar-refractivity contribution in [3.05, 3.63) is 57.2 Å². The van der Waals surface area contributed by atoms with E-state index in [1.54, 1.807) is 24.3 Å². The van der Waals surface area contributed by atoms with Crippen molar-refractivity contribution < 1.29 is 18.0 Å². The van der Waals surface area contributed by atoms with E-state index in [0.717, 1.165) is 15.7 Å². The Bertz CT molecular complexity index is 686. The lowest BCUT2D eigenvalue weighted by molar-refractivity contribution is -0.136. The van der Waals surface area contributed by atoms with Crippen LogP contribution in [-0.2, 0) is 6.18 Å². The molecule has 0 aromatic heterocycles. The van der Waals surface area contributed by atoms with Gasteiger partial charge in [0.2, 0.25) is 0 Å². The van der Waals surface area contributed by atoms with Crippen molar-refractivity contribution in [1.82, 2.24) is 0 Å². The molecule has 1 amide bonds. The van der Waals surface area contributed by atoms with Crippen LogP contribution in [0.3, 0.4) is 0 Å². The summed E-state index contributed by atoms with van der Waals surface area (Å²) in [6.45, 7) is 0. The molecule has 110 valence electrons. The number of amides is 1. The molecule has 0 bridgehead atoms. The second-order valence-corrected chi connectivity index (χ2v) is 5.36. The summed E-state index contributed by atoms with van der Waals surface area (Å²) in [5.74, 6) is -0.678. The number of halogens is 4. The second-order valence-electron chi connectivity index (χ2n) is 4.20. The molecule has 0 radical (unpaired) electrons. The molecule has 2 aromatic carbocycles. The highest BCUT2D eigenvalue weighted by molar-refractivity contribution is 14.1. The van der Waals surface area contributed by atoms with Crippen LogP contribution in [0.15, 0.2) is 42.5 Å².